The Labute approximate surface area is 95.9 Å². The van der Waals surface area contributed by atoms with Crippen LogP contribution in [0.3, 0.4) is 0 Å². The number of benzene rings is 2. The molecule has 1 heteroatoms. The van der Waals surface area contributed by atoms with Crippen LogP contribution in [0.5, 0.6) is 0 Å². The smallest absolute Gasteiger partial charge is 0.0223 e. The van der Waals surface area contributed by atoms with E-state index in [2.05, 4.69) is 42.5 Å². The lowest BCUT2D eigenvalue weighted by Gasteiger charge is -2.05. The predicted octanol–water partition coefficient (Wildman–Crippen LogP) is 4.40. The van der Waals surface area contributed by atoms with Crippen molar-refractivity contribution in [3.63, 3.8) is 0 Å². The molecule has 0 aliphatic rings. The third-order valence-electron chi connectivity index (χ3n) is 2.71. The zero-order chi connectivity index (χ0) is 10.5. The van der Waals surface area contributed by atoms with Gasteiger partial charge in [0.25, 0.3) is 0 Å². The van der Waals surface area contributed by atoms with E-state index in [1.807, 2.05) is 0 Å². The fourth-order valence-electron chi connectivity index (χ4n) is 1.92. The van der Waals surface area contributed by atoms with Gasteiger partial charge in [-0.3, -0.25) is 0 Å². The van der Waals surface area contributed by atoms with Gasteiger partial charge in [0.2, 0.25) is 0 Å². The first-order chi connectivity index (χ1) is 7.42. The van der Waals surface area contributed by atoms with Crippen molar-refractivity contribution in [2.45, 2.75) is 19.3 Å². The number of alkyl halides is 1. The Morgan fingerprint density at radius 1 is 0.867 bits per heavy atom. The van der Waals surface area contributed by atoms with Crippen LogP contribution in [0.25, 0.3) is 10.8 Å². The zero-order valence-electron chi connectivity index (χ0n) is 8.75. The van der Waals surface area contributed by atoms with Crippen molar-refractivity contribution in [1.29, 1.82) is 0 Å². The number of hydrogen-bond donors (Lipinski definition) is 0. The van der Waals surface area contributed by atoms with E-state index < -0.39 is 0 Å². The zero-order valence-corrected chi connectivity index (χ0v) is 9.50. The summed E-state index contributed by atoms with van der Waals surface area (Å²) in [6, 6.07) is 15.1. The molecule has 15 heavy (non-hydrogen) atoms. The van der Waals surface area contributed by atoms with Gasteiger partial charge >= 0.3 is 0 Å². The van der Waals surface area contributed by atoms with E-state index in [9.17, 15) is 0 Å². The minimum Gasteiger partial charge on any atom is -0.127 e. The first kappa shape index (κ1) is 10.5. The van der Waals surface area contributed by atoms with Gasteiger partial charge in [-0.1, -0.05) is 42.5 Å². The number of halogens is 1. The van der Waals surface area contributed by atoms with Crippen molar-refractivity contribution in [3.8, 4) is 0 Å². The van der Waals surface area contributed by atoms with E-state index in [1.54, 1.807) is 0 Å². The Kier molecular flexibility index (Phi) is 3.63. The van der Waals surface area contributed by atoms with Crippen LogP contribution >= 0.6 is 11.6 Å². The minimum atomic E-state index is 0.769. The summed E-state index contributed by atoms with van der Waals surface area (Å²) >= 11 is 5.69. The van der Waals surface area contributed by atoms with E-state index in [-0.39, 0.29) is 0 Å². The molecule has 0 aliphatic carbocycles. The fourth-order valence-corrected chi connectivity index (χ4v) is 2.11. The molecule has 0 amide bonds. The van der Waals surface area contributed by atoms with Crippen LogP contribution in [0.2, 0.25) is 0 Å². The molecule has 2 rings (SSSR count). The van der Waals surface area contributed by atoms with Gasteiger partial charge in [-0.05, 0) is 35.6 Å². The van der Waals surface area contributed by atoms with E-state index in [0.717, 1.165) is 18.7 Å². The molecule has 0 saturated carbocycles. The molecule has 0 aliphatic heterocycles. The van der Waals surface area contributed by atoms with Gasteiger partial charge in [0.15, 0.2) is 0 Å². The number of hydrogen-bond acceptors (Lipinski definition) is 0. The van der Waals surface area contributed by atoms with Crippen molar-refractivity contribution < 1.29 is 0 Å². The van der Waals surface area contributed by atoms with Crippen molar-refractivity contribution in [1.82, 2.24) is 0 Å². The summed E-state index contributed by atoms with van der Waals surface area (Å²) in [5.41, 5.74) is 1.44. The molecule has 2 aromatic rings. The summed E-state index contributed by atoms with van der Waals surface area (Å²) in [5.74, 6) is 0.769. The van der Waals surface area contributed by atoms with E-state index in [0.29, 0.717) is 0 Å². The van der Waals surface area contributed by atoms with Crippen LogP contribution in [-0.4, -0.2) is 5.88 Å². The third kappa shape index (κ3) is 2.51. The Hall–Kier alpha value is -1.01. The Morgan fingerprint density at radius 3 is 2.53 bits per heavy atom. The summed E-state index contributed by atoms with van der Waals surface area (Å²) in [5, 5.41) is 2.72. The van der Waals surface area contributed by atoms with Gasteiger partial charge in [0.05, 0.1) is 0 Å². The summed E-state index contributed by atoms with van der Waals surface area (Å²) < 4.78 is 0. The largest absolute Gasteiger partial charge is 0.127 e. The average Bonchev–Trinajstić information content (AvgIpc) is 2.30. The van der Waals surface area contributed by atoms with Gasteiger partial charge in [-0.2, -0.15) is 0 Å². The van der Waals surface area contributed by atoms with Crippen molar-refractivity contribution in [2.75, 3.05) is 5.88 Å². The molecule has 0 unspecified atom stereocenters. The maximum Gasteiger partial charge on any atom is 0.0223 e. The van der Waals surface area contributed by atoms with Gasteiger partial charge in [-0.25, -0.2) is 0 Å². The molecule has 0 radical (unpaired) electrons. The monoisotopic (exact) mass is 218 g/mol. The number of aryl methyl sites for hydroxylation is 1. The lowest BCUT2D eigenvalue weighted by Crippen LogP contribution is -1.88. The molecule has 0 atom stereocenters. The second-order valence-electron chi connectivity index (χ2n) is 3.78. The fraction of sp³-hybridized carbons (Fsp3) is 0.286. The number of rotatable bonds is 4. The highest BCUT2D eigenvalue weighted by Crippen LogP contribution is 2.20. The van der Waals surface area contributed by atoms with Crippen molar-refractivity contribution in [2.24, 2.45) is 0 Å². The summed E-state index contributed by atoms with van der Waals surface area (Å²) in [6.45, 7) is 0. The van der Waals surface area contributed by atoms with Gasteiger partial charge in [0.1, 0.15) is 0 Å². The molecule has 0 fully saturated rings. The van der Waals surface area contributed by atoms with Gasteiger partial charge in [-0.15, -0.1) is 11.6 Å². The highest BCUT2D eigenvalue weighted by atomic mass is 35.5. The second kappa shape index (κ2) is 5.18. The highest BCUT2D eigenvalue weighted by Gasteiger charge is 1.99. The minimum absolute atomic E-state index is 0.769. The lowest BCUT2D eigenvalue weighted by atomic mass is 10.0. The topological polar surface area (TPSA) is 0 Å². The summed E-state index contributed by atoms with van der Waals surface area (Å²) in [7, 11) is 0. The third-order valence-corrected chi connectivity index (χ3v) is 2.98. The molecule has 0 bridgehead atoms. The molecule has 78 valence electrons. The standard InChI is InChI=1S/C14H15Cl/c15-11-4-3-7-13-9-5-8-12-6-1-2-10-14(12)13/h1-2,5-6,8-10H,3-4,7,11H2. The highest BCUT2D eigenvalue weighted by molar-refractivity contribution is 6.17. The lowest BCUT2D eigenvalue weighted by molar-refractivity contribution is 0.804. The molecule has 0 N–H and O–H groups in total. The molecule has 0 heterocycles. The van der Waals surface area contributed by atoms with Gasteiger partial charge < -0.3 is 0 Å². The molecule has 0 spiro atoms. The van der Waals surface area contributed by atoms with Crippen molar-refractivity contribution >= 4 is 22.4 Å². The first-order valence-corrected chi connectivity index (χ1v) is 5.98. The van der Waals surface area contributed by atoms with Crippen LogP contribution in [0.15, 0.2) is 42.5 Å². The maximum atomic E-state index is 5.69. The summed E-state index contributed by atoms with van der Waals surface area (Å²) in [4.78, 5) is 0. The predicted molar refractivity (Wildman–Crippen MR) is 67.6 cm³/mol. The molecule has 0 saturated heterocycles. The maximum absolute atomic E-state index is 5.69. The normalized spacial score (nSPS) is 10.7. The van der Waals surface area contributed by atoms with Crippen molar-refractivity contribution in [3.05, 3.63) is 48.0 Å². The quantitative estimate of drug-likeness (QED) is 0.527. The van der Waals surface area contributed by atoms with E-state index in [1.165, 1.54) is 22.8 Å². The average molecular weight is 219 g/mol. The molecular weight excluding hydrogens is 204 g/mol. The van der Waals surface area contributed by atoms with Gasteiger partial charge in [0, 0.05) is 5.88 Å². The Bertz CT molecular complexity index is 429. The van der Waals surface area contributed by atoms with Crippen LogP contribution in [0.1, 0.15) is 18.4 Å². The van der Waals surface area contributed by atoms with E-state index in [4.69, 9.17) is 11.6 Å². The van der Waals surface area contributed by atoms with Crippen LogP contribution in [0, 0.1) is 0 Å². The molecular formula is C14H15Cl. The first-order valence-electron chi connectivity index (χ1n) is 5.44. The number of unbranched alkanes of at least 4 members (excludes halogenated alkanes) is 1. The SMILES string of the molecule is ClCCCCc1cccc2ccccc12. The molecule has 0 aromatic heterocycles. The van der Waals surface area contributed by atoms with Crippen LogP contribution < -0.4 is 0 Å². The Morgan fingerprint density at radius 2 is 1.67 bits per heavy atom. The Balaban J connectivity index is 2.26. The summed E-state index contributed by atoms with van der Waals surface area (Å²) in [6.07, 6.45) is 3.41. The second-order valence-corrected chi connectivity index (χ2v) is 4.16. The molecule has 0 nitrogen and oxygen atoms in total. The number of fused-ring (bicyclic) bond motifs is 1. The molecule has 2 aromatic carbocycles. The van der Waals surface area contributed by atoms with Crippen LogP contribution in [0.4, 0.5) is 0 Å². The van der Waals surface area contributed by atoms with E-state index >= 15 is 0 Å². The van der Waals surface area contributed by atoms with Crippen LogP contribution in [-0.2, 0) is 6.42 Å².